The summed E-state index contributed by atoms with van der Waals surface area (Å²) in [7, 11) is 0. The van der Waals surface area contributed by atoms with Gasteiger partial charge in [-0.3, -0.25) is 4.98 Å². The zero-order chi connectivity index (χ0) is 14.7. The van der Waals surface area contributed by atoms with Crippen molar-refractivity contribution in [2.45, 2.75) is 71.6 Å². The minimum Gasteiger partial charge on any atom is -0.256 e. The van der Waals surface area contributed by atoms with E-state index in [4.69, 9.17) is 4.98 Å². The third-order valence-corrected chi connectivity index (χ3v) is 4.93. The minimum absolute atomic E-state index is 1.21. The van der Waals surface area contributed by atoms with Crippen LogP contribution in [0.4, 0.5) is 0 Å². The van der Waals surface area contributed by atoms with Gasteiger partial charge in [0.1, 0.15) is 0 Å². The Morgan fingerprint density at radius 2 is 1.62 bits per heavy atom. The van der Waals surface area contributed by atoms with Crippen LogP contribution in [-0.2, 0) is 25.7 Å². The predicted molar refractivity (Wildman–Crippen MR) is 91.0 cm³/mol. The van der Waals surface area contributed by atoms with Crippen LogP contribution in [0.3, 0.4) is 0 Å². The number of aromatic nitrogens is 1. The number of hydrogen-bond donors (Lipinski definition) is 0. The van der Waals surface area contributed by atoms with Gasteiger partial charge in [-0.1, -0.05) is 32.8 Å². The highest BCUT2D eigenvalue weighted by molar-refractivity contribution is 5.88. The lowest BCUT2D eigenvalue weighted by molar-refractivity contribution is 0.783. The number of rotatable bonds is 6. The van der Waals surface area contributed by atoms with Gasteiger partial charge in [0.25, 0.3) is 0 Å². The van der Waals surface area contributed by atoms with Gasteiger partial charge in [-0.05, 0) is 73.3 Å². The topological polar surface area (TPSA) is 12.9 Å². The molecule has 112 valence electrons. The molecule has 0 saturated carbocycles. The largest absolute Gasteiger partial charge is 0.256 e. The molecule has 1 nitrogen and oxygen atoms in total. The van der Waals surface area contributed by atoms with Crippen LogP contribution < -0.4 is 0 Å². The van der Waals surface area contributed by atoms with Crippen molar-refractivity contribution >= 4 is 10.9 Å². The molecule has 1 aromatic carbocycles. The first kappa shape index (κ1) is 14.6. The summed E-state index contributed by atoms with van der Waals surface area (Å²) in [5, 5.41) is 1.44. The van der Waals surface area contributed by atoms with E-state index in [0.29, 0.717) is 0 Å². The number of nitrogens with zero attached hydrogens (tertiary/aromatic N) is 1. The molecule has 1 heterocycles. The summed E-state index contributed by atoms with van der Waals surface area (Å²) in [6.07, 6.45) is 13.4. The van der Waals surface area contributed by atoms with Gasteiger partial charge in [-0.25, -0.2) is 0 Å². The van der Waals surface area contributed by atoms with Crippen LogP contribution in [0.1, 0.15) is 68.2 Å². The van der Waals surface area contributed by atoms with Crippen LogP contribution in [-0.4, -0.2) is 4.98 Å². The highest BCUT2D eigenvalue weighted by Gasteiger charge is 2.22. The Morgan fingerprint density at radius 1 is 0.952 bits per heavy atom. The Kier molecular flexibility index (Phi) is 4.57. The van der Waals surface area contributed by atoms with Crippen molar-refractivity contribution in [3.8, 4) is 0 Å². The molecule has 0 saturated heterocycles. The average Bonchev–Trinajstić information content (AvgIpc) is 3.00. The summed E-state index contributed by atoms with van der Waals surface area (Å²) in [5.74, 6) is 0. The number of hydrogen-bond acceptors (Lipinski definition) is 1. The standard InChI is InChI=1S/C20H27N/c1-3-5-9-16-15-11-7-12-17(15)18(10-6-4-2)20-19(16)13-8-14-21-20/h8,13-14H,3-7,9-12H2,1-2H3. The van der Waals surface area contributed by atoms with Gasteiger partial charge < -0.3 is 0 Å². The Balaban J connectivity index is 2.18. The van der Waals surface area contributed by atoms with E-state index in [0.717, 1.165) is 0 Å². The number of benzene rings is 1. The summed E-state index contributed by atoms with van der Waals surface area (Å²) >= 11 is 0. The first-order chi connectivity index (χ1) is 10.4. The highest BCUT2D eigenvalue weighted by Crippen LogP contribution is 2.36. The quantitative estimate of drug-likeness (QED) is 0.690. The predicted octanol–water partition coefficient (Wildman–Crippen LogP) is 5.41. The minimum atomic E-state index is 1.21. The molecule has 21 heavy (non-hydrogen) atoms. The molecule has 3 rings (SSSR count). The Hall–Kier alpha value is -1.37. The van der Waals surface area contributed by atoms with Crippen molar-refractivity contribution in [2.24, 2.45) is 0 Å². The second-order valence-corrected chi connectivity index (χ2v) is 6.37. The summed E-state index contributed by atoms with van der Waals surface area (Å²) in [6.45, 7) is 4.57. The number of unbranched alkanes of at least 4 members (excludes halogenated alkanes) is 2. The zero-order valence-electron chi connectivity index (χ0n) is 13.5. The molecule has 1 aliphatic carbocycles. The van der Waals surface area contributed by atoms with E-state index in [9.17, 15) is 0 Å². The van der Waals surface area contributed by atoms with Gasteiger partial charge in [0.15, 0.2) is 0 Å². The molecule has 0 atom stereocenters. The van der Waals surface area contributed by atoms with Crippen molar-refractivity contribution in [3.63, 3.8) is 0 Å². The molecule has 0 bridgehead atoms. The maximum Gasteiger partial charge on any atom is 0.0739 e. The molecule has 0 aliphatic heterocycles. The molecule has 1 aromatic heterocycles. The van der Waals surface area contributed by atoms with Gasteiger partial charge in [0, 0.05) is 11.6 Å². The fourth-order valence-electron chi connectivity index (χ4n) is 3.87. The van der Waals surface area contributed by atoms with Gasteiger partial charge >= 0.3 is 0 Å². The molecular formula is C20H27N. The van der Waals surface area contributed by atoms with Crippen LogP contribution in [0.5, 0.6) is 0 Å². The molecule has 1 heteroatoms. The molecular weight excluding hydrogens is 254 g/mol. The van der Waals surface area contributed by atoms with Gasteiger partial charge in [0.05, 0.1) is 5.52 Å². The van der Waals surface area contributed by atoms with Gasteiger partial charge in [-0.15, -0.1) is 0 Å². The third kappa shape index (κ3) is 2.71. The Bertz CT molecular complexity index is 573. The maximum atomic E-state index is 4.78. The van der Waals surface area contributed by atoms with Crippen LogP contribution in [0.15, 0.2) is 18.3 Å². The summed E-state index contributed by atoms with van der Waals surface area (Å²) in [6, 6.07) is 4.42. The fraction of sp³-hybridized carbons (Fsp3) is 0.550. The lowest BCUT2D eigenvalue weighted by atomic mass is 9.88. The molecule has 0 radical (unpaired) electrons. The van der Waals surface area contributed by atoms with E-state index >= 15 is 0 Å². The van der Waals surface area contributed by atoms with Crippen LogP contribution >= 0.6 is 0 Å². The van der Waals surface area contributed by atoms with E-state index < -0.39 is 0 Å². The van der Waals surface area contributed by atoms with E-state index in [2.05, 4.69) is 26.0 Å². The van der Waals surface area contributed by atoms with Crippen LogP contribution in [0, 0.1) is 0 Å². The highest BCUT2D eigenvalue weighted by atomic mass is 14.7. The van der Waals surface area contributed by atoms with Crippen LogP contribution in [0.25, 0.3) is 10.9 Å². The van der Waals surface area contributed by atoms with Crippen molar-refractivity contribution < 1.29 is 0 Å². The fourth-order valence-corrected chi connectivity index (χ4v) is 3.87. The Labute approximate surface area is 128 Å². The molecule has 0 amide bonds. The summed E-state index contributed by atoms with van der Waals surface area (Å²) in [5.41, 5.74) is 7.85. The number of pyridine rings is 1. The second-order valence-electron chi connectivity index (χ2n) is 6.37. The lowest BCUT2D eigenvalue weighted by Gasteiger charge is -2.17. The first-order valence-corrected chi connectivity index (χ1v) is 8.77. The monoisotopic (exact) mass is 281 g/mol. The van der Waals surface area contributed by atoms with E-state index in [1.165, 1.54) is 68.7 Å². The summed E-state index contributed by atoms with van der Waals surface area (Å²) < 4.78 is 0. The SMILES string of the molecule is CCCCc1c2c(c(CCCC)c3ncccc13)CCC2. The van der Waals surface area contributed by atoms with Crippen molar-refractivity contribution in [1.82, 2.24) is 4.98 Å². The van der Waals surface area contributed by atoms with Crippen molar-refractivity contribution in [3.05, 3.63) is 40.6 Å². The normalized spacial score (nSPS) is 13.8. The smallest absolute Gasteiger partial charge is 0.0739 e. The molecule has 2 aromatic rings. The van der Waals surface area contributed by atoms with E-state index in [1.807, 2.05) is 6.20 Å². The number of aryl methyl sites for hydroxylation is 2. The van der Waals surface area contributed by atoms with Gasteiger partial charge in [-0.2, -0.15) is 0 Å². The average molecular weight is 281 g/mol. The Morgan fingerprint density at radius 3 is 2.33 bits per heavy atom. The first-order valence-electron chi connectivity index (χ1n) is 8.77. The number of fused-ring (bicyclic) bond motifs is 2. The van der Waals surface area contributed by atoms with Crippen molar-refractivity contribution in [2.75, 3.05) is 0 Å². The van der Waals surface area contributed by atoms with Crippen LogP contribution in [0.2, 0.25) is 0 Å². The molecule has 0 spiro atoms. The zero-order valence-corrected chi connectivity index (χ0v) is 13.5. The second kappa shape index (κ2) is 6.60. The lowest BCUT2D eigenvalue weighted by Crippen LogP contribution is -2.03. The maximum absolute atomic E-state index is 4.78. The molecule has 1 aliphatic rings. The van der Waals surface area contributed by atoms with Gasteiger partial charge in [0.2, 0.25) is 0 Å². The van der Waals surface area contributed by atoms with E-state index in [-0.39, 0.29) is 0 Å². The van der Waals surface area contributed by atoms with E-state index in [1.54, 1.807) is 22.3 Å². The molecule has 0 unspecified atom stereocenters. The summed E-state index contributed by atoms with van der Waals surface area (Å²) in [4.78, 5) is 4.78. The molecule has 0 N–H and O–H groups in total. The molecule has 0 fully saturated rings. The van der Waals surface area contributed by atoms with Crippen molar-refractivity contribution in [1.29, 1.82) is 0 Å². The third-order valence-electron chi connectivity index (χ3n) is 4.93.